The Hall–Kier alpha value is -2.31. The van der Waals surface area contributed by atoms with Crippen molar-refractivity contribution in [3.8, 4) is 5.75 Å². The zero-order valence-corrected chi connectivity index (χ0v) is 17.9. The molecule has 0 spiro atoms. The number of carbonyl (C=O) groups is 1. The highest BCUT2D eigenvalue weighted by molar-refractivity contribution is 7.22. The molecule has 1 fully saturated rings. The number of thiazole rings is 1. The average Bonchev–Trinajstić information content (AvgIpc) is 3.16. The van der Waals surface area contributed by atoms with Crippen LogP contribution < -0.4 is 15.0 Å². The molecule has 0 radical (unpaired) electrons. The smallest absolute Gasteiger partial charge is 0.223 e. The molecule has 2 aromatic carbocycles. The molecule has 1 aliphatic rings. The maximum atomic E-state index is 12.5. The van der Waals surface area contributed by atoms with E-state index in [1.165, 1.54) is 0 Å². The summed E-state index contributed by atoms with van der Waals surface area (Å²) in [5, 5.41) is 4.76. The highest BCUT2D eigenvalue weighted by Gasteiger charge is 2.26. The number of carbonyl (C=O) groups excluding carboxylic acids is 1. The number of fused-ring (bicyclic) bond motifs is 1. The summed E-state index contributed by atoms with van der Waals surface area (Å²) < 4.78 is 6.72. The number of halogens is 1. The molecule has 1 amide bonds. The molecule has 4 rings (SSSR count). The average molecular weight is 430 g/mol. The van der Waals surface area contributed by atoms with E-state index in [2.05, 4.69) is 16.3 Å². The number of hydrogen-bond donors (Lipinski definition) is 1. The summed E-state index contributed by atoms with van der Waals surface area (Å²) in [6.07, 6.45) is 1.67. The van der Waals surface area contributed by atoms with Gasteiger partial charge in [-0.05, 0) is 55.7 Å². The SMILES string of the molecule is CCOc1ccc2nc(N3CCC(C(=O)NCc4cccc(Cl)c4)CC3)sc2c1. The first-order valence-electron chi connectivity index (χ1n) is 9.93. The summed E-state index contributed by atoms with van der Waals surface area (Å²) in [4.78, 5) is 19.6. The van der Waals surface area contributed by atoms with Crippen LogP contribution in [-0.4, -0.2) is 30.6 Å². The minimum absolute atomic E-state index is 0.0457. The fourth-order valence-electron chi connectivity index (χ4n) is 3.60. The second-order valence-electron chi connectivity index (χ2n) is 7.17. The van der Waals surface area contributed by atoms with E-state index in [0.717, 1.165) is 52.6 Å². The molecule has 0 saturated carbocycles. The third kappa shape index (κ3) is 4.82. The minimum atomic E-state index is 0.0457. The van der Waals surface area contributed by atoms with Crippen molar-refractivity contribution in [3.05, 3.63) is 53.1 Å². The number of aromatic nitrogens is 1. The Balaban J connectivity index is 1.33. The van der Waals surface area contributed by atoms with Gasteiger partial charge in [0.1, 0.15) is 5.75 Å². The largest absolute Gasteiger partial charge is 0.494 e. The molecule has 5 nitrogen and oxygen atoms in total. The third-order valence-corrected chi connectivity index (χ3v) is 6.47. The van der Waals surface area contributed by atoms with E-state index in [-0.39, 0.29) is 11.8 Å². The quantitative estimate of drug-likeness (QED) is 0.606. The van der Waals surface area contributed by atoms with E-state index in [0.29, 0.717) is 18.2 Å². The zero-order chi connectivity index (χ0) is 20.2. The number of nitrogens with one attached hydrogen (secondary N) is 1. The molecular formula is C22H24ClN3O2S. The highest BCUT2D eigenvalue weighted by atomic mass is 35.5. The van der Waals surface area contributed by atoms with Gasteiger partial charge < -0.3 is 15.0 Å². The van der Waals surface area contributed by atoms with Gasteiger partial charge in [0.15, 0.2) is 5.13 Å². The van der Waals surface area contributed by atoms with Gasteiger partial charge in [-0.1, -0.05) is 35.1 Å². The Bertz CT molecular complexity index is 999. The Morgan fingerprint density at radius 3 is 2.86 bits per heavy atom. The summed E-state index contributed by atoms with van der Waals surface area (Å²) in [6.45, 7) is 4.84. The first-order valence-corrected chi connectivity index (χ1v) is 11.1. The van der Waals surface area contributed by atoms with Crippen LogP contribution >= 0.6 is 22.9 Å². The lowest BCUT2D eigenvalue weighted by Gasteiger charge is -2.31. The number of anilines is 1. The highest BCUT2D eigenvalue weighted by Crippen LogP contribution is 2.33. The standard InChI is InChI=1S/C22H24ClN3O2S/c1-2-28-18-6-7-19-20(13-18)29-22(25-19)26-10-8-16(9-11-26)21(27)24-14-15-4-3-5-17(23)12-15/h3-7,12-13,16H,2,8-11,14H2,1H3,(H,24,27). The molecule has 1 aromatic heterocycles. The van der Waals surface area contributed by atoms with Crippen LogP contribution in [0.2, 0.25) is 5.02 Å². The van der Waals surface area contributed by atoms with Gasteiger partial charge in [0.25, 0.3) is 0 Å². The summed E-state index contributed by atoms with van der Waals surface area (Å²) in [6, 6.07) is 13.6. The number of benzene rings is 2. The second-order valence-corrected chi connectivity index (χ2v) is 8.61. The topological polar surface area (TPSA) is 54.5 Å². The van der Waals surface area contributed by atoms with Crippen molar-refractivity contribution in [1.29, 1.82) is 0 Å². The van der Waals surface area contributed by atoms with Gasteiger partial charge in [0, 0.05) is 30.6 Å². The zero-order valence-electron chi connectivity index (χ0n) is 16.4. The summed E-state index contributed by atoms with van der Waals surface area (Å²) in [5.41, 5.74) is 2.01. The summed E-state index contributed by atoms with van der Waals surface area (Å²) in [5.74, 6) is 1.05. The van der Waals surface area contributed by atoms with Gasteiger partial charge in [0.05, 0.1) is 16.8 Å². The lowest BCUT2D eigenvalue weighted by molar-refractivity contribution is -0.125. The van der Waals surface area contributed by atoms with Crippen molar-refractivity contribution in [3.63, 3.8) is 0 Å². The van der Waals surface area contributed by atoms with E-state index in [9.17, 15) is 4.79 Å². The predicted octanol–water partition coefficient (Wildman–Crippen LogP) is 4.88. The first kappa shape index (κ1) is 20.0. The van der Waals surface area contributed by atoms with Crippen LogP contribution in [0.4, 0.5) is 5.13 Å². The fourth-order valence-corrected chi connectivity index (χ4v) is 4.86. The fraction of sp³-hybridized carbons (Fsp3) is 0.364. The molecule has 29 heavy (non-hydrogen) atoms. The third-order valence-electron chi connectivity index (χ3n) is 5.15. The minimum Gasteiger partial charge on any atom is -0.494 e. The van der Waals surface area contributed by atoms with Crippen molar-refractivity contribution in [2.45, 2.75) is 26.3 Å². The van der Waals surface area contributed by atoms with Crippen LogP contribution in [0.25, 0.3) is 10.2 Å². The lowest BCUT2D eigenvalue weighted by Crippen LogP contribution is -2.40. The summed E-state index contributed by atoms with van der Waals surface area (Å²) >= 11 is 7.69. The van der Waals surface area contributed by atoms with Crippen molar-refractivity contribution >= 4 is 44.2 Å². The molecule has 0 unspecified atom stereocenters. The Morgan fingerprint density at radius 1 is 1.28 bits per heavy atom. The lowest BCUT2D eigenvalue weighted by atomic mass is 9.96. The van der Waals surface area contributed by atoms with Crippen LogP contribution in [-0.2, 0) is 11.3 Å². The monoisotopic (exact) mass is 429 g/mol. The molecule has 0 bridgehead atoms. The normalized spacial score (nSPS) is 14.9. The van der Waals surface area contributed by atoms with Gasteiger partial charge in [-0.3, -0.25) is 4.79 Å². The molecule has 1 aliphatic heterocycles. The Kier molecular flexibility index (Phi) is 6.21. The van der Waals surface area contributed by atoms with Crippen molar-refractivity contribution in [2.24, 2.45) is 5.92 Å². The molecular weight excluding hydrogens is 406 g/mol. The molecule has 2 heterocycles. The van der Waals surface area contributed by atoms with E-state index in [1.807, 2.05) is 43.3 Å². The Morgan fingerprint density at radius 2 is 2.10 bits per heavy atom. The van der Waals surface area contributed by atoms with Crippen LogP contribution in [0.15, 0.2) is 42.5 Å². The summed E-state index contributed by atoms with van der Waals surface area (Å²) in [7, 11) is 0. The number of hydrogen-bond acceptors (Lipinski definition) is 5. The Labute approximate surface area is 179 Å². The van der Waals surface area contributed by atoms with Gasteiger partial charge in [-0.15, -0.1) is 0 Å². The second kappa shape index (κ2) is 9.01. The van der Waals surface area contributed by atoms with E-state index in [4.69, 9.17) is 21.3 Å². The molecule has 1 saturated heterocycles. The number of ether oxygens (including phenoxy) is 1. The van der Waals surface area contributed by atoms with Gasteiger partial charge in [0.2, 0.25) is 5.91 Å². The molecule has 0 aliphatic carbocycles. The molecule has 1 N–H and O–H groups in total. The molecule has 7 heteroatoms. The van der Waals surface area contributed by atoms with Crippen molar-refractivity contribution in [2.75, 3.05) is 24.6 Å². The number of piperidine rings is 1. The van der Waals surface area contributed by atoms with Crippen molar-refractivity contribution < 1.29 is 9.53 Å². The maximum Gasteiger partial charge on any atom is 0.223 e. The molecule has 152 valence electrons. The first-order chi connectivity index (χ1) is 14.1. The van der Waals surface area contributed by atoms with Gasteiger partial charge in [-0.2, -0.15) is 0 Å². The van der Waals surface area contributed by atoms with Gasteiger partial charge in [-0.25, -0.2) is 4.98 Å². The number of rotatable bonds is 6. The van der Waals surface area contributed by atoms with E-state index in [1.54, 1.807) is 11.3 Å². The number of amides is 1. The number of nitrogens with zero attached hydrogens (tertiary/aromatic N) is 2. The van der Waals surface area contributed by atoms with Crippen LogP contribution in [0.1, 0.15) is 25.3 Å². The van der Waals surface area contributed by atoms with Crippen LogP contribution in [0, 0.1) is 5.92 Å². The maximum absolute atomic E-state index is 12.5. The predicted molar refractivity (Wildman–Crippen MR) is 119 cm³/mol. The van der Waals surface area contributed by atoms with E-state index >= 15 is 0 Å². The van der Waals surface area contributed by atoms with E-state index < -0.39 is 0 Å². The molecule has 3 aromatic rings. The van der Waals surface area contributed by atoms with Crippen LogP contribution in [0.5, 0.6) is 5.75 Å². The van der Waals surface area contributed by atoms with Gasteiger partial charge >= 0.3 is 0 Å². The van der Waals surface area contributed by atoms with Crippen LogP contribution in [0.3, 0.4) is 0 Å². The molecule has 0 atom stereocenters. The van der Waals surface area contributed by atoms with Crippen molar-refractivity contribution in [1.82, 2.24) is 10.3 Å².